The Balaban J connectivity index is 1.45. The van der Waals surface area contributed by atoms with Gasteiger partial charge in [0.2, 0.25) is 5.91 Å². The van der Waals surface area contributed by atoms with Crippen LogP contribution in [-0.2, 0) is 16.8 Å². The first-order valence-corrected chi connectivity index (χ1v) is 11.4. The van der Waals surface area contributed by atoms with Gasteiger partial charge in [-0.1, -0.05) is 41.9 Å². The van der Waals surface area contributed by atoms with Crippen molar-refractivity contribution in [2.45, 2.75) is 24.4 Å². The van der Waals surface area contributed by atoms with E-state index in [9.17, 15) is 14.7 Å². The Hall–Kier alpha value is -3.35. The Morgan fingerprint density at radius 3 is 2.52 bits per heavy atom. The molecule has 3 aromatic rings. The van der Waals surface area contributed by atoms with Crippen molar-refractivity contribution in [1.82, 2.24) is 5.32 Å². The summed E-state index contributed by atoms with van der Waals surface area (Å²) in [6, 6.07) is 20.9. The molecule has 6 nitrogen and oxygen atoms in total. The van der Waals surface area contributed by atoms with Gasteiger partial charge < -0.3 is 10.4 Å². The molecule has 6 rings (SSSR count). The Morgan fingerprint density at radius 1 is 1.03 bits per heavy atom. The summed E-state index contributed by atoms with van der Waals surface area (Å²) in [5.74, 6) is 0.105. The van der Waals surface area contributed by atoms with E-state index in [1.807, 2.05) is 60.7 Å². The van der Waals surface area contributed by atoms with E-state index in [1.165, 1.54) is 0 Å². The third-order valence-electron chi connectivity index (χ3n) is 7.02. The smallest absolute Gasteiger partial charge is 0.321 e. The van der Waals surface area contributed by atoms with Crippen LogP contribution in [0.15, 0.2) is 66.7 Å². The van der Waals surface area contributed by atoms with Gasteiger partial charge in [0.1, 0.15) is 0 Å². The zero-order valence-corrected chi connectivity index (χ0v) is 18.5. The molecular formula is C26H22ClN3O3. The number of hydrogen-bond donors (Lipinski definition) is 2. The minimum atomic E-state index is -0.606. The van der Waals surface area contributed by atoms with Gasteiger partial charge in [-0.2, -0.15) is 0 Å². The van der Waals surface area contributed by atoms with Crippen LogP contribution in [0.25, 0.3) is 0 Å². The predicted molar refractivity (Wildman–Crippen MR) is 127 cm³/mol. The zero-order valence-electron chi connectivity index (χ0n) is 17.8. The Morgan fingerprint density at radius 2 is 1.79 bits per heavy atom. The van der Waals surface area contributed by atoms with Crippen LogP contribution in [0.4, 0.5) is 21.9 Å². The van der Waals surface area contributed by atoms with Crippen LogP contribution in [0, 0.1) is 0 Å². The molecule has 2 heterocycles. The van der Waals surface area contributed by atoms with Crippen molar-refractivity contribution in [1.29, 1.82) is 0 Å². The summed E-state index contributed by atoms with van der Waals surface area (Å²) >= 11 is 6.08. The number of anilines is 3. The number of fused-ring (bicyclic) bond motifs is 2. The number of aliphatic hydroxyl groups is 1. The van der Waals surface area contributed by atoms with Gasteiger partial charge in [0.05, 0.1) is 23.4 Å². The van der Waals surface area contributed by atoms with Crippen molar-refractivity contribution < 1.29 is 14.7 Å². The molecule has 2 N–H and O–H groups in total. The molecule has 3 amide bonds. The number of benzene rings is 3. The van der Waals surface area contributed by atoms with Crippen LogP contribution in [0.5, 0.6) is 0 Å². The summed E-state index contributed by atoms with van der Waals surface area (Å²) in [5.41, 5.74) is 4.34. The molecule has 7 heteroatoms. The number of para-hydroxylation sites is 1. The maximum absolute atomic E-state index is 14.0. The highest BCUT2D eigenvalue weighted by Crippen LogP contribution is 2.67. The topological polar surface area (TPSA) is 72.9 Å². The van der Waals surface area contributed by atoms with Gasteiger partial charge in [-0.25, -0.2) is 4.79 Å². The van der Waals surface area contributed by atoms with Crippen molar-refractivity contribution in [2.24, 2.45) is 0 Å². The SMILES string of the molecule is O=C1NCCN1c1cc(CO)cc(N2C(=O)[C@@]3(C[C@@H]3c3ccc(Cl)cc3)c3ccccc32)c1. The lowest BCUT2D eigenvalue weighted by molar-refractivity contribution is -0.119. The molecule has 3 aliphatic rings. The summed E-state index contributed by atoms with van der Waals surface area (Å²) < 4.78 is 0. The van der Waals surface area contributed by atoms with E-state index in [0.717, 1.165) is 23.2 Å². The normalized spacial score (nSPS) is 23.3. The van der Waals surface area contributed by atoms with E-state index < -0.39 is 5.41 Å². The third-order valence-corrected chi connectivity index (χ3v) is 7.27. The molecule has 1 saturated carbocycles. The van der Waals surface area contributed by atoms with Gasteiger partial charge in [0, 0.05) is 29.7 Å². The zero-order chi connectivity index (χ0) is 22.7. The molecule has 33 heavy (non-hydrogen) atoms. The number of carbonyl (C=O) groups is 2. The number of rotatable bonds is 4. The molecule has 1 spiro atoms. The second-order valence-corrected chi connectivity index (χ2v) is 9.27. The second-order valence-electron chi connectivity index (χ2n) is 8.84. The first-order valence-electron chi connectivity index (χ1n) is 11.0. The summed E-state index contributed by atoms with van der Waals surface area (Å²) in [7, 11) is 0. The van der Waals surface area contributed by atoms with Crippen LogP contribution < -0.4 is 15.1 Å². The van der Waals surface area contributed by atoms with Crippen LogP contribution in [0.3, 0.4) is 0 Å². The lowest BCUT2D eigenvalue weighted by atomic mass is 9.92. The molecule has 2 fully saturated rings. The van der Waals surface area contributed by atoms with Crippen LogP contribution in [-0.4, -0.2) is 30.1 Å². The summed E-state index contributed by atoms with van der Waals surface area (Å²) in [6.45, 7) is 0.924. The van der Waals surface area contributed by atoms with Gasteiger partial charge in [-0.15, -0.1) is 0 Å². The monoisotopic (exact) mass is 459 g/mol. The van der Waals surface area contributed by atoms with E-state index >= 15 is 0 Å². The molecule has 1 aliphatic carbocycles. The fourth-order valence-electron chi connectivity index (χ4n) is 5.37. The summed E-state index contributed by atoms with van der Waals surface area (Å²) in [4.78, 5) is 29.7. The first-order chi connectivity index (χ1) is 16.0. The molecule has 2 aliphatic heterocycles. The number of nitrogens with one attached hydrogen (secondary N) is 1. The minimum absolute atomic E-state index is 0.0237. The quantitative estimate of drug-likeness (QED) is 0.604. The Labute approximate surface area is 196 Å². The first kappa shape index (κ1) is 20.3. The van der Waals surface area contributed by atoms with Crippen molar-refractivity contribution in [3.8, 4) is 0 Å². The number of aliphatic hydroxyl groups excluding tert-OH is 1. The maximum Gasteiger partial charge on any atom is 0.321 e. The molecule has 3 aromatic carbocycles. The molecule has 0 bridgehead atoms. The second kappa shape index (κ2) is 7.33. The molecular weight excluding hydrogens is 438 g/mol. The van der Waals surface area contributed by atoms with Gasteiger partial charge >= 0.3 is 6.03 Å². The number of amides is 3. The lowest BCUT2D eigenvalue weighted by Gasteiger charge is -2.23. The Kier molecular flexibility index (Phi) is 4.50. The van der Waals surface area contributed by atoms with E-state index in [1.54, 1.807) is 15.9 Å². The minimum Gasteiger partial charge on any atom is -0.392 e. The predicted octanol–water partition coefficient (Wildman–Crippen LogP) is 4.47. The van der Waals surface area contributed by atoms with Crippen LogP contribution in [0.2, 0.25) is 5.02 Å². The van der Waals surface area contributed by atoms with Gasteiger partial charge in [0.15, 0.2) is 0 Å². The highest BCUT2D eigenvalue weighted by Gasteiger charge is 2.67. The summed E-state index contributed by atoms with van der Waals surface area (Å²) in [5, 5.41) is 13.4. The number of nitrogens with zero attached hydrogens (tertiary/aromatic N) is 2. The van der Waals surface area contributed by atoms with Crippen LogP contribution in [0.1, 0.15) is 29.0 Å². The fourth-order valence-corrected chi connectivity index (χ4v) is 5.50. The third kappa shape index (κ3) is 2.98. The van der Waals surface area contributed by atoms with E-state index in [0.29, 0.717) is 35.1 Å². The molecule has 1 saturated heterocycles. The van der Waals surface area contributed by atoms with Crippen molar-refractivity contribution in [2.75, 3.05) is 22.9 Å². The van der Waals surface area contributed by atoms with Gasteiger partial charge in [0.25, 0.3) is 0 Å². The largest absolute Gasteiger partial charge is 0.392 e. The standard InChI is InChI=1S/C26H22ClN3O3/c27-18-7-5-17(6-8-18)22-14-26(22)21-3-1-2-4-23(21)30(24(26)32)20-12-16(15-31)11-19(13-20)29-10-9-28-25(29)33/h1-8,11-13,22,31H,9-10,14-15H2,(H,28,33)/t22-,26+/m1/s1. The lowest BCUT2D eigenvalue weighted by Crippen LogP contribution is -2.30. The van der Waals surface area contributed by atoms with E-state index in [4.69, 9.17) is 11.6 Å². The maximum atomic E-state index is 14.0. The molecule has 0 unspecified atom stereocenters. The number of carbonyl (C=O) groups excluding carboxylic acids is 2. The fraction of sp³-hybridized carbons (Fsp3) is 0.231. The average molecular weight is 460 g/mol. The molecule has 0 radical (unpaired) electrons. The van der Waals surface area contributed by atoms with Gasteiger partial charge in [-0.05, 0) is 59.5 Å². The van der Waals surface area contributed by atoms with E-state index in [-0.39, 0.29) is 24.5 Å². The summed E-state index contributed by atoms with van der Waals surface area (Å²) in [6.07, 6.45) is 0.738. The molecule has 0 aromatic heterocycles. The van der Waals surface area contributed by atoms with Gasteiger partial charge in [-0.3, -0.25) is 14.6 Å². The van der Waals surface area contributed by atoms with Crippen molar-refractivity contribution >= 4 is 40.6 Å². The van der Waals surface area contributed by atoms with E-state index in [2.05, 4.69) is 5.32 Å². The highest BCUT2D eigenvalue weighted by atomic mass is 35.5. The van der Waals surface area contributed by atoms with Crippen LogP contribution >= 0.6 is 11.6 Å². The average Bonchev–Trinajstić information content (AvgIpc) is 3.36. The number of urea groups is 1. The Bertz CT molecular complexity index is 1290. The van der Waals surface area contributed by atoms with Crippen molar-refractivity contribution in [3.05, 3.63) is 88.4 Å². The highest BCUT2D eigenvalue weighted by molar-refractivity contribution is 6.30. The number of halogens is 1. The molecule has 166 valence electrons. The van der Waals surface area contributed by atoms with Crippen molar-refractivity contribution in [3.63, 3.8) is 0 Å². The molecule has 2 atom stereocenters. The number of hydrogen-bond acceptors (Lipinski definition) is 3.